The largest absolute Gasteiger partial charge is 0.468 e. The monoisotopic (exact) mass is 164 g/mol. The molecule has 2 nitrogen and oxygen atoms in total. The maximum absolute atomic E-state index is 8.50. The lowest BCUT2D eigenvalue weighted by Gasteiger charge is -2.03. The van der Waals surface area contributed by atoms with E-state index in [9.17, 15) is 0 Å². The van der Waals surface area contributed by atoms with E-state index in [2.05, 4.69) is 6.58 Å². The molecule has 0 atom stereocenters. The van der Waals surface area contributed by atoms with Gasteiger partial charge in [-0.2, -0.15) is 0 Å². The molecule has 0 aliphatic carbocycles. The summed E-state index contributed by atoms with van der Waals surface area (Å²) in [7, 11) is 0. The number of aliphatic hydroxyl groups excluding tert-OH is 1. The van der Waals surface area contributed by atoms with E-state index in [1.54, 1.807) is 0 Å². The van der Waals surface area contributed by atoms with Crippen molar-refractivity contribution in [2.45, 2.75) is 6.42 Å². The van der Waals surface area contributed by atoms with Crippen LogP contribution in [0.4, 0.5) is 0 Å². The highest BCUT2D eigenvalue weighted by Crippen LogP contribution is 2.13. The van der Waals surface area contributed by atoms with Gasteiger partial charge in [0.05, 0.1) is 0 Å². The number of ether oxygens (including phenoxy) is 1. The first kappa shape index (κ1) is 8.81. The predicted molar refractivity (Wildman–Crippen MR) is 48.1 cm³/mol. The minimum absolute atomic E-state index is 0.280. The number of hydrogen-bond acceptors (Lipinski definition) is 2. The van der Waals surface area contributed by atoms with Crippen molar-refractivity contribution in [1.29, 1.82) is 0 Å². The summed E-state index contributed by atoms with van der Waals surface area (Å²) in [5, 5.41) is 8.50. The Morgan fingerprint density at radius 2 is 2.33 bits per heavy atom. The first-order valence-corrected chi connectivity index (χ1v) is 3.80. The molecule has 0 radical (unpaired) electrons. The number of allylic oxidation sites excluding steroid dienone is 1. The Labute approximate surface area is 72.1 Å². The third kappa shape index (κ3) is 2.40. The standard InChI is InChI=1S/C10H12O2/c1-2-4-9-5-3-6-10(7-9)12-8-11/h2-3,5-7,11H,1,4,8H2. The molecule has 0 saturated heterocycles. The molecule has 0 unspecified atom stereocenters. The van der Waals surface area contributed by atoms with Gasteiger partial charge in [-0.1, -0.05) is 18.2 Å². The normalized spacial score (nSPS) is 9.42. The van der Waals surface area contributed by atoms with Crippen LogP contribution in [-0.2, 0) is 6.42 Å². The molecule has 0 amide bonds. The first-order valence-electron chi connectivity index (χ1n) is 3.80. The van der Waals surface area contributed by atoms with Gasteiger partial charge in [-0.05, 0) is 24.1 Å². The van der Waals surface area contributed by atoms with Crippen LogP contribution in [0.25, 0.3) is 0 Å². The lowest BCUT2D eigenvalue weighted by atomic mass is 10.1. The van der Waals surface area contributed by atoms with Crippen LogP contribution < -0.4 is 4.74 Å². The van der Waals surface area contributed by atoms with Crippen molar-refractivity contribution in [3.63, 3.8) is 0 Å². The second kappa shape index (κ2) is 4.57. The topological polar surface area (TPSA) is 29.5 Å². The Morgan fingerprint density at radius 1 is 1.50 bits per heavy atom. The van der Waals surface area contributed by atoms with Gasteiger partial charge in [0.1, 0.15) is 5.75 Å². The molecule has 0 aliphatic rings. The van der Waals surface area contributed by atoms with E-state index in [4.69, 9.17) is 9.84 Å². The molecule has 12 heavy (non-hydrogen) atoms. The van der Waals surface area contributed by atoms with Gasteiger partial charge in [0.2, 0.25) is 0 Å². The zero-order valence-electron chi connectivity index (χ0n) is 6.86. The summed E-state index contributed by atoms with van der Waals surface area (Å²) >= 11 is 0. The molecule has 0 fully saturated rings. The van der Waals surface area contributed by atoms with Crippen molar-refractivity contribution in [3.05, 3.63) is 42.5 Å². The van der Waals surface area contributed by atoms with E-state index in [1.807, 2.05) is 30.3 Å². The molecule has 0 saturated carbocycles. The third-order valence-electron chi connectivity index (χ3n) is 1.51. The van der Waals surface area contributed by atoms with Crippen molar-refractivity contribution in [1.82, 2.24) is 0 Å². The number of benzene rings is 1. The lowest BCUT2D eigenvalue weighted by Crippen LogP contribution is -1.94. The summed E-state index contributed by atoms with van der Waals surface area (Å²) in [4.78, 5) is 0. The van der Waals surface area contributed by atoms with Gasteiger partial charge in [0.25, 0.3) is 0 Å². The average Bonchev–Trinajstić information content (AvgIpc) is 2.06. The Hall–Kier alpha value is -1.28. The summed E-state index contributed by atoms with van der Waals surface area (Å²) in [6.07, 6.45) is 2.65. The van der Waals surface area contributed by atoms with E-state index < -0.39 is 0 Å². The highest BCUT2D eigenvalue weighted by molar-refractivity contribution is 5.29. The summed E-state index contributed by atoms with van der Waals surface area (Å²) in [5.74, 6) is 0.692. The maximum atomic E-state index is 8.50. The highest BCUT2D eigenvalue weighted by atomic mass is 16.6. The van der Waals surface area contributed by atoms with E-state index in [1.165, 1.54) is 0 Å². The molecule has 1 aromatic carbocycles. The fraction of sp³-hybridized carbons (Fsp3) is 0.200. The van der Waals surface area contributed by atoms with Crippen LogP contribution in [0, 0.1) is 0 Å². The minimum atomic E-state index is -0.280. The van der Waals surface area contributed by atoms with E-state index in [0.29, 0.717) is 5.75 Å². The molecule has 2 heteroatoms. The quantitative estimate of drug-likeness (QED) is 0.542. The molecule has 0 spiro atoms. The van der Waals surface area contributed by atoms with Crippen molar-refractivity contribution < 1.29 is 9.84 Å². The van der Waals surface area contributed by atoms with Crippen LogP contribution >= 0.6 is 0 Å². The maximum Gasteiger partial charge on any atom is 0.186 e. The second-order valence-corrected chi connectivity index (χ2v) is 2.41. The van der Waals surface area contributed by atoms with Crippen LogP contribution in [0.15, 0.2) is 36.9 Å². The zero-order chi connectivity index (χ0) is 8.81. The first-order chi connectivity index (χ1) is 5.86. The Kier molecular flexibility index (Phi) is 3.35. The summed E-state index contributed by atoms with van der Waals surface area (Å²) in [6.45, 7) is 3.36. The van der Waals surface area contributed by atoms with Crippen LogP contribution in [0.1, 0.15) is 5.56 Å². The Balaban J connectivity index is 2.73. The number of rotatable bonds is 4. The van der Waals surface area contributed by atoms with Crippen molar-refractivity contribution in [3.8, 4) is 5.75 Å². The molecular weight excluding hydrogens is 152 g/mol. The zero-order valence-corrected chi connectivity index (χ0v) is 6.86. The fourth-order valence-corrected chi connectivity index (χ4v) is 1.00. The Bertz CT molecular complexity index is 256. The van der Waals surface area contributed by atoms with Crippen LogP contribution in [0.5, 0.6) is 5.75 Å². The summed E-state index contributed by atoms with van der Waals surface area (Å²) in [6, 6.07) is 7.58. The molecule has 0 aromatic heterocycles. The summed E-state index contributed by atoms with van der Waals surface area (Å²) < 4.78 is 4.91. The van der Waals surface area contributed by atoms with Gasteiger partial charge < -0.3 is 9.84 Å². The molecule has 0 aliphatic heterocycles. The Morgan fingerprint density at radius 3 is 3.00 bits per heavy atom. The smallest absolute Gasteiger partial charge is 0.186 e. The number of hydrogen-bond donors (Lipinski definition) is 1. The molecule has 1 N–H and O–H groups in total. The fourth-order valence-electron chi connectivity index (χ4n) is 1.00. The summed E-state index contributed by atoms with van der Waals surface area (Å²) in [5.41, 5.74) is 1.14. The van der Waals surface area contributed by atoms with Crippen molar-refractivity contribution >= 4 is 0 Å². The van der Waals surface area contributed by atoms with E-state index in [-0.39, 0.29) is 6.79 Å². The van der Waals surface area contributed by atoms with Crippen molar-refractivity contribution in [2.24, 2.45) is 0 Å². The molecule has 1 aromatic rings. The van der Waals surface area contributed by atoms with Crippen molar-refractivity contribution in [2.75, 3.05) is 6.79 Å². The highest BCUT2D eigenvalue weighted by Gasteiger charge is 1.93. The number of aliphatic hydroxyl groups is 1. The third-order valence-corrected chi connectivity index (χ3v) is 1.51. The van der Waals surface area contributed by atoms with Crippen LogP contribution in [0.2, 0.25) is 0 Å². The van der Waals surface area contributed by atoms with Crippen LogP contribution in [0.3, 0.4) is 0 Å². The molecule has 64 valence electrons. The van der Waals surface area contributed by atoms with Crippen LogP contribution in [-0.4, -0.2) is 11.9 Å². The van der Waals surface area contributed by atoms with E-state index >= 15 is 0 Å². The van der Waals surface area contributed by atoms with Gasteiger partial charge in [-0.3, -0.25) is 0 Å². The van der Waals surface area contributed by atoms with Gasteiger partial charge in [0, 0.05) is 0 Å². The minimum Gasteiger partial charge on any atom is -0.468 e. The molecule has 0 heterocycles. The SMILES string of the molecule is C=CCc1cccc(OCO)c1. The second-order valence-electron chi connectivity index (χ2n) is 2.41. The molecule has 1 rings (SSSR count). The van der Waals surface area contributed by atoms with E-state index in [0.717, 1.165) is 12.0 Å². The van der Waals surface area contributed by atoms with Gasteiger partial charge in [-0.15, -0.1) is 6.58 Å². The van der Waals surface area contributed by atoms with Gasteiger partial charge in [0.15, 0.2) is 6.79 Å². The molecular formula is C10H12O2. The lowest BCUT2D eigenvalue weighted by molar-refractivity contribution is 0.0985. The average molecular weight is 164 g/mol. The molecule has 0 bridgehead atoms. The van der Waals surface area contributed by atoms with Gasteiger partial charge >= 0.3 is 0 Å². The predicted octanol–water partition coefficient (Wildman–Crippen LogP) is 1.74. The van der Waals surface area contributed by atoms with Gasteiger partial charge in [-0.25, -0.2) is 0 Å².